The number of phenols is 2. The van der Waals surface area contributed by atoms with Gasteiger partial charge in [0.25, 0.3) is 0 Å². The minimum Gasteiger partial charge on any atom is -0.507 e. The Labute approximate surface area is 278 Å². The summed E-state index contributed by atoms with van der Waals surface area (Å²) in [5.41, 5.74) is 1.06. The van der Waals surface area contributed by atoms with Crippen molar-refractivity contribution >= 4 is 23.7 Å². The van der Waals surface area contributed by atoms with Crippen LogP contribution >= 0.6 is 0 Å². The van der Waals surface area contributed by atoms with Crippen LogP contribution in [0, 0.1) is 5.92 Å². The highest BCUT2D eigenvalue weighted by Crippen LogP contribution is 2.44. The van der Waals surface area contributed by atoms with E-state index < -0.39 is 23.7 Å². The number of ether oxygens (including phenoxy) is 2. The number of rotatable bonds is 7. The summed E-state index contributed by atoms with van der Waals surface area (Å²) in [6.45, 7) is 4.60. The van der Waals surface area contributed by atoms with Crippen LogP contribution in [0.15, 0.2) is 36.4 Å². The van der Waals surface area contributed by atoms with Crippen molar-refractivity contribution < 1.29 is 34.1 Å². The third-order valence-electron chi connectivity index (χ3n) is 10.1. The maximum absolute atomic E-state index is 13.6. The zero-order chi connectivity index (χ0) is 33.3. The molecule has 0 saturated carbocycles. The van der Waals surface area contributed by atoms with E-state index in [1.807, 2.05) is 18.2 Å². The van der Waals surface area contributed by atoms with Gasteiger partial charge in [-0.25, -0.2) is 4.79 Å². The summed E-state index contributed by atoms with van der Waals surface area (Å²) < 4.78 is 11.1. The van der Waals surface area contributed by atoms with Crippen LogP contribution in [0.25, 0.3) is 6.08 Å². The molecule has 2 fully saturated rings. The molecule has 3 aliphatic heterocycles. The third-order valence-corrected chi connectivity index (χ3v) is 10.1. The summed E-state index contributed by atoms with van der Waals surface area (Å²) in [5, 5.41) is 26.4. The van der Waals surface area contributed by atoms with E-state index in [0.717, 1.165) is 32.4 Å². The average molecular weight is 647 g/mol. The Morgan fingerprint density at radius 1 is 1.02 bits per heavy atom. The molecule has 0 aliphatic carbocycles. The number of phenolic OH excluding ortho intramolecular Hbond substituents is 2. The smallest absolute Gasteiger partial charge is 0.342 e. The lowest BCUT2D eigenvalue weighted by Crippen LogP contribution is -2.51. The number of fused-ring (bicyclic) bond motifs is 2. The van der Waals surface area contributed by atoms with Crippen LogP contribution in [0.1, 0.15) is 117 Å². The fourth-order valence-corrected chi connectivity index (χ4v) is 7.56. The van der Waals surface area contributed by atoms with Crippen LogP contribution in [-0.2, 0) is 14.3 Å². The van der Waals surface area contributed by atoms with Crippen LogP contribution in [0.3, 0.4) is 0 Å². The second-order valence-corrected chi connectivity index (χ2v) is 13.4. The molecule has 2 saturated heterocycles. The zero-order valence-electron chi connectivity index (χ0n) is 27.8. The summed E-state index contributed by atoms with van der Waals surface area (Å²) in [7, 11) is 1.57. The van der Waals surface area contributed by atoms with Gasteiger partial charge in [-0.15, -0.1) is 0 Å². The molecule has 2 aromatic rings. The second-order valence-electron chi connectivity index (χ2n) is 13.4. The largest absolute Gasteiger partial charge is 0.507 e. The van der Waals surface area contributed by atoms with Crippen LogP contribution in [-0.4, -0.2) is 71.7 Å². The number of nitrogens with one attached hydrogen (secondary N) is 1. The van der Waals surface area contributed by atoms with E-state index >= 15 is 0 Å². The number of methoxy groups -OCH3 is 1. The molecule has 3 heterocycles. The zero-order valence-corrected chi connectivity index (χ0v) is 27.8. The van der Waals surface area contributed by atoms with Gasteiger partial charge in [-0.3, -0.25) is 9.59 Å². The molecule has 0 radical (unpaired) electrons. The van der Waals surface area contributed by atoms with E-state index in [9.17, 15) is 24.6 Å². The second kappa shape index (κ2) is 16.3. The van der Waals surface area contributed by atoms with Gasteiger partial charge in [-0.2, -0.15) is 0 Å². The number of piperidine rings is 2. The molecule has 1 unspecified atom stereocenters. The Hall–Kier alpha value is -3.85. The molecule has 3 N–H and O–H groups in total. The van der Waals surface area contributed by atoms with Crippen molar-refractivity contribution in [2.24, 2.45) is 5.92 Å². The SMILES string of the molecule is COc1ccc(C(CC(=O)NC[C@@H]2CCCN3CCCC[C@H]23)c2c(O)cc3c(c2O)C(=O)O[C@@H](C)CCCC(=O)CCCC=C3)cc1. The van der Waals surface area contributed by atoms with Crippen molar-refractivity contribution in [3.8, 4) is 17.2 Å². The van der Waals surface area contributed by atoms with E-state index in [4.69, 9.17) is 9.47 Å². The molecule has 9 heteroatoms. The highest BCUT2D eigenvalue weighted by Gasteiger charge is 2.34. The van der Waals surface area contributed by atoms with Gasteiger partial charge in [0.1, 0.15) is 28.6 Å². The number of nitrogens with zero attached hydrogens (tertiary/aromatic N) is 1. The molecule has 2 aromatic carbocycles. The van der Waals surface area contributed by atoms with E-state index in [0.29, 0.717) is 73.9 Å². The number of ketones is 1. The van der Waals surface area contributed by atoms with Gasteiger partial charge in [0.05, 0.1) is 13.2 Å². The summed E-state index contributed by atoms with van der Waals surface area (Å²) >= 11 is 0. The number of aromatic hydroxyl groups is 2. The monoisotopic (exact) mass is 646 g/mol. The lowest BCUT2D eigenvalue weighted by atomic mass is 9.83. The van der Waals surface area contributed by atoms with Crippen LogP contribution in [0.5, 0.6) is 17.2 Å². The molecule has 0 aromatic heterocycles. The molecule has 5 rings (SSSR count). The lowest BCUT2D eigenvalue weighted by molar-refractivity contribution is -0.122. The molecule has 0 bridgehead atoms. The first-order valence-corrected chi connectivity index (χ1v) is 17.4. The van der Waals surface area contributed by atoms with E-state index in [2.05, 4.69) is 10.2 Å². The number of hydrogen-bond acceptors (Lipinski definition) is 8. The van der Waals surface area contributed by atoms with Crippen LogP contribution in [0.2, 0.25) is 0 Å². The third kappa shape index (κ3) is 8.74. The Morgan fingerprint density at radius 3 is 2.57 bits per heavy atom. The topological polar surface area (TPSA) is 125 Å². The molecular formula is C38H50N2O7. The highest BCUT2D eigenvalue weighted by atomic mass is 16.5. The van der Waals surface area contributed by atoms with Crippen LogP contribution < -0.4 is 10.1 Å². The van der Waals surface area contributed by atoms with Crippen molar-refractivity contribution in [2.75, 3.05) is 26.7 Å². The number of allylic oxidation sites excluding steroid dienone is 1. The van der Waals surface area contributed by atoms with Gasteiger partial charge in [0.15, 0.2) is 0 Å². The molecule has 47 heavy (non-hydrogen) atoms. The number of benzene rings is 2. The van der Waals surface area contributed by atoms with Crippen molar-refractivity contribution in [3.05, 3.63) is 58.7 Å². The van der Waals surface area contributed by atoms with Crippen molar-refractivity contribution in [3.63, 3.8) is 0 Å². The van der Waals surface area contributed by atoms with Gasteiger partial charge in [0, 0.05) is 43.3 Å². The minimum atomic E-state index is -0.753. The first-order chi connectivity index (χ1) is 22.7. The van der Waals surface area contributed by atoms with Crippen molar-refractivity contribution in [2.45, 2.75) is 102 Å². The maximum atomic E-state index is 13.6. The predicted molar refractivity (Wildman–Crippen MR) is 181 cm³/mol. The molecule has 3 aliphatic rings. The summed E-state index contributed by atoms with van der Waals surface area (Å²) in [6, 6.07) is 9.12. The molecule has 254 valence electrons. The van der Waals surface area contributed by atoms with Crippen molar-refractivity contribution in [1.82, 2.24) is 10.2 Å². The van der Waals surface area contributed by atoms with E-state index in [-0.39, 0.29) is 35.0 Å². The minimum absolute atomic E-state index is 0.0390. The quantitative estimate of drug-likeness (QED) is 0.292. The average Bonchev–Trinajstić information content (AvgIpc) is 3.06. The Bertz CT molecular complexity index is 1430. The number of carbonyl (C=O) groups is 3. The Morgan fingerprint density at radius 2 is 1.79 bits per heavy atom. The summed E-state index contributed by atoms with van der Waals surface area (Å²) in [5.74, 6) is -1.07. The Kier molecular flexibility index (Phi) is 12.0. The lowest BCUT2D eigenvalue weighted by Gasteiger charge is -2.44. The highest BCUT2D eigenvalue weighted by molar-refractivity contribution is 5.98. The van der Waals surface area contributed by atoms with E-state index in [1.54, 1.807) is 32.2 Å². The number of esters is 1. The standard InChI is InChI=1S/C38H50N2O7/c1-25-10-8-14-29(41)13-5-3-4-11-27-22-33(42)36(37(44)35(27)38(45)47-25)31(26-16-18-30(46-2)19-17-26)23-34(43)39-24-28-12-9-21-40-20-7-6-15-32(28)40/h4,11,16-19,22,25,28,31-32,42,44H,3,5-10,12-15,20-21,23-24H2,1-2H3,(H,39,43)/t25-,28-,31?,32+/m0/s1. The summed E-state index contributed by atoms with van der Waals surface area (Å²) in [6.07, 6.45) is 12.1. The fourth-order valence-electron chi connectivity index (χ4n) is 7.56. The number of hydrogen-bond donors (Lipinski definition) is 3. The van der Waals surface area contributed by atoms with Gasteiger partial charge in [-0.05, 0) is 107 Å². The molecule has 9 nitrogen and oxygen atoms in total. The molecule has 0 spiro atoms. The van der Waals surface area contributed by atoms with Crippen molar-refractivity contribution in [1.29, 1.82) is 0 Å². The van der Waals surface area contributed by atoms with Gasteiger partial charge in [0.2, 0.25) is 5.91 Å². The summed E-state index contributed by atoms with van der Waals surface area (Å²) in [4.78, 5) is 42.0. The molecule has 1 amide bonds. The number of amides is 1. The number of Topliss-reactive ketones (excluding diaryl/α,β-unsaturated/α-hetero) is 1. The fraction of sp³-hybridized carbons (Fsp3) is 0.553. The Balaban J connectivity index is 1.46. The van der Waals surface area contributed by atoms with Gasteiger partial charge in [-0.1, -0.05) is 30.7 Å². The van der Waals surface area contributed by atoms with Gasteiger partial charge < -0.3 is 29.9 Å². The molecule has 4 atom stereocenters. The molecular weight excluding hydrogens is 596 g/mol. The van der Waals surface area contributed by atoms with E-state index in [1.165, 1.54) is 18.9 Å². The van der Waals surface area contributed by atoms with Gasteiger partial charge >= 0.3 is 5.97 Å². The number of carbonyl (C=O) groups excluding carboxylic acids is 3. The number of cyclic esters (lactones) is 1. The first kappa shape index (κ1) is 34.5. The first-order valence-electron chi connectivity index (χ1n) is 17.4. The normalized spacial score (nSPS) is 23.5. The maximum Gasteiger partial charge on any atom is 0.342 e. The van der Waals surface area contributed by atoms with Crippen LogP contribution in [0.4, 0.5) is 0 Å². The predicted octanol–water partition coefficient (Wildman–Crippen LogP) is 6.49.